The second-order valence-electron chi connectivity index (χ2n) is 7.64. The summed E-state index contributed by atoms with van der Waals surface area (Å²) in [6.07, 6.45) is 1.95. The molecule has 0 aromatic heterocycles. The van der Waals surface area contributed by atoms with Crippen LogP contribution in [-0.4, -0.2) is 79.9 Å². The van der Waals surface area contributed by atoms with Crippen molar-refractivity contribution in [2.75, 3.05) is 45.0 Å². The summed E-state index contributed by atoms with van der Waals surface area (Å²) in [6, 6.07) is 0. The van der Waals surface area contributed by atoms with Crippen molar-refractivity contribution in [2.24, 2.45) is 10.9 Å². The molecular formula is C17H33IN4O3S. The third-order valence-corrected chi connectivity index (χ3v) is 7.77. The molecule has 2 aliphatic rings. The molecule has 2 fully saturated rings. The predicted octanol–water partition coefficient (Wildman–Crippen LogP) is 1.34. The number of nitrogens with one attached hydrogen (secondary N) is 1. The fraction of sp³-hybridized carbons (Fsp3) is 0.882. The van der Waals surface area contributed by atoms with Gasteiger partial charge < -0.3 is 15.1 Å². The van der Waals surface area contributed by atoms with E-state index >= 15 is 0 Å². The first kappa shape index (κ1) is 23.5. The molecule has 9 heteroatoms. The molecule has 0 aliphatic carbocycles. The standard InChI is InChI=1S/C17H32N4O3S.HI/c1-5-18-16(21-10-11-25(23,24)17(3,4)13-21)19-12-15-6-8-20(9-7-15)14(2)22;/h15H,5-13H2,1-4H3,(H,18,19);1H. The van der Waals surface area contributed by atoms with Gasteiger partial charge in [-0.1, -0.05) is 0 Å². The van der Waals surface area contributed by atoms with Gasteiger partial charge in [-0.05, 0) is 39.5 Å². The Kier molecular flexibility index (Phi) is 8.63. The van der Waals surface area contributed by atoms with Crippen molar-refractivity contribution in [2.45, 2.75) is 45.3 Å². The van der Waals surface area contributed by atoms with E-state index in [-0.39, 0.29) is 35.6 Å². The van der Waals surface area contributed by atoms with Crippen molar-refractivity contribution < 1.29 is 13.2 Å². The zero-order chi connectivity index (χ0) is 18.7. The van der Waals surface area contributed by atoms with Crippen molar-refractivity contribution >= 4 is 45.7 Å². The number of amides is 1. The molecule has 0 radical (unpaired) electrons. The van der Waals surface area contributed by atoms with Crippen LogP contribution in [0.15, 0.2) is 4.99 Å². The van der Waals surface area contributed by atoms with Crippen LogP contribution in [0.4, 0.5) is 0 Å². The molecule has 1 amide bonds. The van der Waals surface area contributed by atoms with E-state index in [0.29, 0.717) is 19.0 Å². The van der Waals surface area contributed by atoms with E-state index in [2.05, 4.69) is 10.2 Å². The smallest absolute Gasteiger partial charge is 0.219 e. The van der Waals surface area contributed by atoms with Gasteiger partial charge in [0.05, 0.1) is 10.5 Å². The molecule has 0 saturated carbocycles. The predicted molar refractivity (Wildman–Crippen MR) is 116 cm³/mol. The van der Waals surface area contributed by atoms with Gasteiger partial charge >= 0.3 is 0 Å². The first-order chi connectivity index (χ1) is 11.7. The maximum Gasteiger partial charge on any atom is 0.219 e. The van der Waals surface area contributed by atoms with Gasteiger partial charge in [-0.25, -0.2) is 8.42 Å². The quantitative estimate of drug-likeness (QED) is 0.360. The molecule has 1 N–H and O–H groups in total. The molecule has 0 bridgehead atoms. The number of carbonyl (C=O) groups excluding carboxylic acids is 1. The average Bonchev–Trinajstić information content (AvgIpc) is 2.54. The molecule has 152 valence electrons. The zero-order valence-corrected chi connectivity index (χ0v) is 19.5. The lowest BCUT2D eigenvalue weighted by atomic mass is 9.97. The molecule has 0 aromatic carbocycles. The Balaban J connectivity index is 0.00000338. The second-order valence-corrected chi connectivity index (χ2v) is 10.4. The van der Waals surface area contributed by atoms with Gasteiger partial charge in [-0.2, -0.15) is 0 Å². The Morgan fingerprint density at radius 1 is 1.19 bits per heavy atom. The summed E-state index contributed by atoms with van der Waals surface area (Å²) < 4.78 is 23.6. The number of hydrogen-bond donors (Lipinski definition) is 1. The number of nitrogens with zero attached hydrogens (tertiary/aromatic N) is 3. The third-order valence-electron chi connectivity index (χ3n) is 5.24. The number of guanidine groups is 1. The number of rotatable bonds is 3. The lowest BCUT2D eigenvalue weighted by Crippen LogP contribution is -2.57. The third kappa shape index (κ3) is 5.71. The largest absolute Gasteiger partial charge is 0.357 e. The van der Waals surface area contributed by atoms with Crippen LogP contribution in [0.5, 0.6) is 0 Å². The number of likely N-dealkylation sites (tertiary alicyclic amines) is 1. The highest BCUT2D eigenvalue weighted by Gasteiger charge is 2.41. The average molecular weight is 500 g/mol. The van der Waals surface area contributed by atoms with Crippen molar-refractivity contribution in [3.63, 3.8) is 0 Å². The molecule has 2 heterocycles. The highest BCUT2D eigenvalue weighted by molar-refractivity contribution is 14.0. The zero-order valence-electron chi connectivity index (χ0n) is 16.3. The second kappa shape index (κ2) is 9.57. The van der Waals surface area contributed by atoms with Gasteiger partial charge in [0.2, 0.25) is 5.91 Å². The monoisotopic (exact) mass is 500 g/mol. The van der Waals surface area contributed by atoms with Crippen LogP contribution in [0.2, 0.25) is 0 Å². The Morgan fingerprint density at radius 2 is 1.81 bits per heavy atom. The van der Waals surface area contributed by atoms with Crippen LogP contribution in [0, 0.1) is 5.92 Å². The van der Waals surface area contributed by atoms with Gasteiger partial charge in [0.25, 0.3) is 0 Å². The molecule has 2 saturated heterocycles. The minimum Gasteiger partial charge on any atom is -0.357 e. The van der Waals surface area contributed by atoms with E-state index in [1.807, 2.05) is 11.8 Å². The molecular weight excluding hydrogens is 467 g/mol. The SMILES string of the molecule is CCNC(=NCC1CCN(C(C)=O)CC1)N1CCS(=O)(=O)C(C)(C)C1.I. The van der Waals surface area contributed by atoms with Gasteiger partial charge in [-0.15, -0.1) is 24.0 Å². The highest BCUT2D eigenvalue weighted by Crippen LogP contribution is 2.24. The van der Waals surface area contributed by atoms with E-state index in [0.717, 1.165) is 45.0 Å². The Hall–Kier alpha value is -0.580. The normalized spacial score (nSPS) is 23.3. The number of aliphatic imine (C=N–C) groups is 1. The molecule has 2 rings (SSSR count). The van der Waals surface area contributed by atoms with E-state index in [9.17, 15) is 13.2 Å². The van der Waals surface area contributed by atoms with E-state index in [1.54, 1.807) is 20.8 Å². The fourth-order valence-corrected chi connectivity index (χ4v) is 4.76. The highest BCUT2D eigenvalue weighted by atomic mass is 127. The number of sulfone groups is 1. The molecule has 0 aromatic rings. The van der Waals surface area contributed by atoms with Crippen LogP contribution < -0.4 is 5.32 Å². The molecule has 26 heavy (non-hydrogen) atoms. The minimum atomic E-state index is -3.05. The van der Waals surface area contributed by atoms with E-state index in [4.69, 9.17) is 4.99 Å². The Labute approximate surface area is 174 Å². The summed E-state index contributed by atoms with van der Waals surface area (Å²) in [7, 11) is -3.05. The number of halogens is 1. The summed E-state index contributed by atoms with van der Waals surface area (Å²) in [5.74, 6) is 1.60. The van der Waals surface area contributed by atoms with E-state index < -0.39 is 14.6 Å². The minimum absolute atomic E-state index is 0. The van der Waals surface area contributed by atoms with Gasteiger partial charge in [0.15, 0.2) is 15.8 Å². The number of hydrogen-bond acceptors (Lipinski definition) is 4. The van der Waals surface area contributed by atoms with E-state index in [1.165, 1.54) is 0 Å². The Morgan fingerprint density at radius 3 is 2.31 bits per heavy atom. The van der Waals surface area contributed by atoms with Crippen LogP contribution in [0.1, 0.15) is 40.5 Å². The number of carbonyl (C=O) groups is 1. The summed E-state index contributed by atoms with van der Waals surface area (Å²) in [5, 5.41) is 3.30. The fourth-order valence-electron chi connectivity index (χ4n) is 3.40. The lowest BCUT2D eigenvalue weighted by Gasteiger charge is -2.39. The van der Waals surface area contributed by atoms with Crippen molar-refractivity contribution in [3.8, 4) is 0 Å². The first-order valence-corrected chi connectivity index (χ1v) is 10.8. The van der Waals surface area contributed by atoms with Gasteiger partial charge in [0, 0.05) is 46.2 Å². The van der Waals surface area contributed by atoms with Crippen LogP contribution in [0.25, 0.3) is 0 Å². The van der Waals surface area contributed by atoms with Crippen molar-refractivity contribution in [1.29, 1.82) is 0 Å². The van der Waals surface area contributed by atoms with Crippen molar-refractivity contribution in [1.82, 2.24) is 15.1 Å². The maximum absolute atomic E-state index is 12.2. The Bertz CT molecular complexity index is 613. The lowest BCUT2D eigenvalue weighted by molar-refractivity contribution is -0.130. The summed E-state index contributed by atoms with van der Waals surface area (Å²) in [4.78, 5) is 20.1. The van der Waals surface area contributed by atoms with Crippen LogP contribution in [-0.2, 0) is 14.6 Å². The molecule has 0 unspecified atom stereocenters. The molecule has 0 spiro atoms. The van der Waals surface area contributed by atoms with Crippen LogP contribution >= 0.6 is 24.0 Å². The maximum atomic E-state index is 12.2. The molecule has 2 aliphatic heterocycles. The number of piperidine rings is 1. The van der Waals surface area contributed by atoms with Crippen molar-refractivity contribution in [3.05, 3.63) is 0 Å². The summed E-state index contributed by atoms with van der Waals surface area (Å²) >= 11 is 0. The summed E-state index contributed by atoms with van der Waals surface area (Å²) in [6.45, 7) is 11.3. The molecule has 0 atom stereocenters. The van der Waals surface area contributed by atoms with Gasteiger partial charge in [-0.3, -0.25) is 9.79 Å². The van der Waals surface area contributed by atoms with Gasteiger partial charge in [0.1, 0.15) is 0 Å². The molecule has 7 nitrogen and oxygen atoms in total. The summed E-state index contributed by atoms with van der Waals surface area (Å²) in [5.41, 5.74) is 0. The topological polar surface area (TPSA) is 82.1 Å². The van der Waals surface area contributed by atoms with Crippen LogP contribution in [0.3, 0.4) is 0 Å². The first-order valence-electron chi connectivity index (χ1n) is 9.17.